The van der Waals surface area contributed by atoms with Gasteiger partial charge in [0.05, 0.1) is 12.8 Å². The predicted molar refractivity (Wildman–Crippen MR) is 101 cm³/mol. The highest BCUT2D eigenvalue weighted by molar-refractivity contribution is 7.89. The number of nitrogens with zero attached hydrogens (tertiary/aromatic N) is 2. The van der Waals surface area contributed by atoms with Crippen LogP contribution in [0.15, 0.2) is 65.6 Å². The molecule has 28 heavy (non-hydrogen) atoms. The van der Waals surface area contributed by atoms with Gasteiger partial charge in [-0.15, -0.1) is 10.2 Å². The number of aromatic nitrogens is 2. The van der Waals surface area contributed by atoms with Crippen molar-refractivity contribution < 1.29 is 22.3 Å². The fourth-order valence-corrected chi connectivity index (χ4v) is 3.62. The fourth-order valence-electron chi connectivity index (χ4n) is 2.43. The van der Waals surface area contributed by atoms with Gasteiger partial charge in [-0.05, 0) is 24.3 Å². The van der Waals surface area contributed by atoms with E-state index in [1.54, 1.807) is 12.1 Å². The monoisotopic (exact) mass is 403 g/mol. The number of halogens is 1. The number of hydrogen-bond acceptors (Lipinski definition) is 6. The van der Waals surface area contributed by atoms with E-state index in [9.17, 15) is 12.8 Å². The summed E-state index contributed by atoms with van der Waals surface area (Å²) in [5.74, 6) is -0.356. The van der Waals surface area contributed by atoms with Crippen molar-refractivity contribution in [1.82, 2.24) is 14.9 Å². The zero-order chi connectivity index (χ0) is 20.0. The average Bonchev–Trinajstić information content (AvgIpc) is 2.72. The minimum absolute atomic E-state index is 0.0240. The Morgan fingerprint density at radius 2 is 1.82 bits per heavy atom. The third-order valence-electron chi connectivity index (χ3n) is 3.77. The van der Waals surface area contributed by atoms with Crippen LogP contribution in [0.2, 0.25) is 0 Å². The normalized spacial score (nSPS) is 11.2. The Kier molecular flexibility index (Phi) is 6.17. The molecule has 0 aliphatic carbocycles. The Morgan fingerprint density at radius 1 is 1.04 bits per heavy atom. The quantitative estimate of drug-likeness (QED) is 0.582. The first-order valence-electron chi connectivity index (χ1n) is 8.35. The summed E-state index contributed by atoms with van der Waals surface area (Å²) in [5.41, 5.74) is 1.63. The molecule has 0 aliphatic rings. The van der Waals surface area contributed by atoms with E-state index in [0.717, 1.165) is 17.7 Å². The second-order valence-electron chi connectivity index (χ2n) is 5.66. The SMILES string of the molecule is COc1ccc(F)cc1S(=O)(=O)NCCOc1ccc(-c2ccccc2)nn1. The van der Waals surface area contributed by atoms with Gasteiger partial charge in [-0.25, -0.2) is 17.5 Å². The minimum atomic E-state index is -3.95. The summed E-state index contributed by atoms with van der Waals surface area (Å²) < 4.78 is 50.8. The van der Waals surface area contributed by atoms with E-state index in [1.165, 1.54) is 13.2 Å². The van der Waals surface area contributed by atoms with Gasteiger partial charge in [-0.1, -0.05) is 30.3 Å². The molecular weight excluding hydrogens is 385 g/mol. The molecule has 1 heterocycles. The van der Waals surface area contributed by atoms with Crippen LogP contribution < -0.4 is 14.2 Å². The number of benzene rings is 2. The van der Waals surface area contributed by atoms with Crippen molar-refractivity contribution in [2.75, 3.05) is 20.3 Å². The Balaban J connectivity index is 1.56. The molecule has 0 aliphatic heterocycles. The Bertz CT molecular complexity index is 1030. The summed E-state index contributed by atoms with van der Waals surface area (Å²) in [6, 6.07) is 16.2. The molecule has 0 spiro atoms. The summed E-state index contributed by atoms with van der Waals surface area (Å²) in [6.45, 7) is -0.0135. The van der Waals surface area contributed by atoms with Crippen LogP contribution in [0.4, 0.5) is 4.39 Å². The van der Waals surface area contributed by atoms with Gasteiger partial charge in [0.2, 0.25) is 15.9 Å². The lowest BCUT2D eigenvalue weighted by molar-refractivity contribution is 0.307. The van der Waals surface area contributed by atoms with E-state index in [0.29, 0.717) is 5.69 Å². The van der Waals surface area contributed by atoms with Gasteiger partial charge >= 0.3 is 0 Å². The number of methoxy groups -OCH3 is 1. The molecule has 9 heteroatoms. The highest BCUT2D eigenvalue weighted by atomic mass is 32.2. The van der Waals surface area contributed by atoms with E-state index >= 15 is 0 Å². The second-order valence-corrected chi connectivity index (χ2v) is 7.40. The molecule has 0 saturated heterocycles. The molecule has 0 bridgehead atoms. The molecule has 1 N–H and O–H groups in total. The standard InChI is InChI=1S/C19H18FN3O4S/c1-26-17-9-7-15(20)13-18(17)28(24,25)21-11-12-27-19-10-8-16(22-23-19)14-5-3-2-4-6-14/h2-10,13,21H,11-12H2,1H3. The summed E-state index contributed by atoms with van der Waals surface area (Å²) in [4.78, 5) is -0.276. The van der Waals surface area contributed by atoms with Crippen LogP contribution in [0.25, 0.3) is 11.3 Å². The topological polar surface area (TPSA) is 90.4 Å². The van der Waals surface area contributed by atoms with Crippen LogP contribution in [0.1, 0.15) is 0 Å². The third-order valence-corrected chi connectivity index (χ3v) is 5.25. The molecule has 0 atom stereocenters. The number of rotatable bonds is 8. The molecule has 0 radical (unpaired) electrons. The van der Waals surface area contributed by atoms with Crippen molar-refractivity contribution in [1.29, 1.82) is 0 Å². The van der Waals surface area contributed by atoms with Gasteiger partial charge in [-0.2, -0.15) is 0 Å². The summed E-state index contributed by atoms with van der Waals surface area (Å²) >= 11 is 0. The number of nitrogens with one attached hydrogen (secondary N) is 1. The molecule has 1 aromatic heterocycles. The highest BCUT2D eigenvalue weighted by Crippen LogP contribution is 2.24. The van der Waals surface area contributed by atoms with Gasteiger partial charge < -0.3 is 9.47 Å². The lowest BCUT2D eigenvalue weighted by Crippen LogP contribution is -2.28. The Morgan fingerprint density at radius 3 is 2.50 bits per heavy atom. The van der Waals surface area contributed by atoms with E-state index in [2.05, 4.69) is 14.9 Å². The van der Waals surface area contributed by atoms with Gasteiger partial charge in [0.1, 0.15) is 23.1 Å². The minimum Gasteiger partial charge on any atom is -0.495 e. The third kappa shape index (κ3) is 4.81. The smallest absolute Gasteiger partial charge is 0.244 e. The van der Waals surface area contributed by atoms with Crippen LogP contribution in [0.5, 0.6) is 11.6 Å². The van der Waals surface area contributed by atoms with E-state index < -0.39 is 15.8 Å². The van der Waals surface area contributed by atoms with Crippen molar-refractivity contribution in [3.05, 3.63) is 66.5 Å². The fraction of sp³-hybridized carbons (Fsp3) is 0.158. The maximum Gasteiger partial charge on any atom is 0.244 e. The highest BCUT2D eigenvalue weighted by Gasteiger charge is 2.20. The van der Waals surface area contributed by atoms with Crippen molar-refractivity contribution in [2.24, 2.45) is 0 Å². The van der Waals surface area contributed by atoms with Crippen molar-refractivity contribution in [3.8, 4) is 22.9 Å². The number of ether oxygens (including phenoxy) is 2. The summed E-state index contributed by atoms with van der Waals surface area (Å²) in [6.07, 6.45) is 0. The molecule has 146 valence electrons. The second kappa shape index (κ2) is 8.77. The lowest BCUT2D eigenvalue weighted by Gasteiger charge is -2.11. The molecule has 7 nitrogen and oxygen atoms in total. The van der Waals surface area contributed by atoms with Crippen molar-refractivity contribution in [2.45, 2.75) is 4.90 Å². The molecule has 3 aromatic rings. The van der Waals surface area contributed by atoms with Crippen molar-refractivity contribution >= 4 is 10.0 Å². The van der Waals surface area contributed by atoms with Crippen LogP contribution >= 0.6 is 0 Å². The first-order chi connectivity index (χ1) is 13.5. The Labute approximate surface area is 162 Å². The summed E-state index contributed by atoms with van der Waals surface area (Å²) in [5, 5.41) is 8.05. The number of sulfonamides is 1. The van der Waals surface area contributed by atoms with Crippen LogP contribution in [-0.4, -0.2) is 38.9 Å². The van der Waals surface area contributed by atoms with Gasteiger partial charge in [0.15, 0.2) is 0 Å². The first kappa shape index (κ1) is 19.7. The van der Waals surface area contributed by atoms with E-state index in [-0.39, 0.29) is 29.7 Å². The van der Waals surface area contributed by atoms with E-state index in [1.807, 2.05) is 30.3 Å². The van der Waals surface area contributed by atoms with Crippen LogP contribution in [0, 0.1) is 5.82 Å². The molecule has 0 unspecified atom stereocenters. The van der Waals surface area contributed by atoms with Crippen LogP contribution in [-0.2, 0) is 10.0 Å². The molecule has 0 fully saturated rings. The summed E-state index contributed by atoms with van der Waals surface area (Å²) in [7, 11) is -2.64. The average molecular weight is 403 g/mol. The first-order valence-corrected chi connectivity index (χ1v) is 9.83. The molecule has 0 amide bonds. The predicted octanol–water partition coefficient (Wildman–Crippen LogP) is 2.65. The molecule has 0 saturated carbocycles. The molecule has 3 rings (SSSR count). The lowest BCUT2D eigenvalue weighted by atomic mass is 10.1. The number of hydrogen-bond donors (Lipinski definition) is 1. The molecular formula is C19H18FN3O4S. The van der Waals surface area contributed by atoms with Gasteiger partial charge in [0, 0.05) is 18.2 Å². The maximum atomic E-state index is 13.4. The van der Waals surface area contributed by atoms with Crippen LogP contribution in [0.3, 0.4) is 0 Å². The van der Waals surface area contributed by atoms with Gasteiger partial charge in [-0.3, -0.25) is 0 Å². The zero-order valence-corrected chi connectivity index (χ0v) is 15.8. The molecule has 2 aromatic carbocycles. The van der Waals surface area contributed by atoms with Crippen molar-refractivity contribution in [3.63, 3.8) is 0 Å². The largest absolute Gasteiger partial charge is 0.495 e. The van der Waals surface area contributed by atoms with E-state index in [4.69, 9.17) is 9.47 Å². The maximum absolute atomic E-state index is 13.4. The Hall–Kier alpha value is -3.04. The van der Waals surface area contributed by atoms with Gasteiger partial charge in [0.25, 0.3) is 0 Å². The zero-order valence-electron chi connectivity index (χ0n) is 15.0.